The van der Waals surface area contributed by atoms with Gasteiger partial charge >= 0.3 is 0 Å². The molecule has 2 aromatic carbocycles. The van der Waals surface area contributed by atoms with Gasteiger partial charge in [-0.3, -0.25) is 0 Å². The predicted octanol–water partition coefficient (Wildman–Crippen LogP) is 3.67. The lowest BCUT2D eigenvalue weighted by Crippen LogP contribution is -2.37. The van der Waals surface area contributed by atoms with Crippen LogP contribution in [-0.4, -0.2) is 19.2 Å². The Bertz CT molecular complexity index is 673. The molecule has 3 nitrogen and oxygen atoms in total. The Hall–Kier alpha value is -1.84. The summed E-state index contributed by atoms with van der Waals surface area (Å²) in [6.07, 6.45) is 3.97. The lowest BCUT2D eigenvalue weighted by Gasteiger charge is -2.25. The van der Waals surface area contributed by atoms with Crippen LogP contribution >= 0.6 is 0 Å². The second-order valence-corrected chi connectivity index (χ2v) is 6.97. The van der Waals surface area contributed by atoms with Gasteiger partial charge in [-0.1, -0.05) is 55.0 Å². The van der Waals surface area contributed by atoms with Crippen molar-refractivity contribution >= 4 is 0 Å². The van der Waals surface area contributed by atoms with E-state index in [0.29, 0.717) is 18.1 Å². The smallest absolute Gasteiger partial charge is 0.123 e. The number of para-hydroxylation sites is 1. The molecule has 1 aliphatic heterocycles. The molecule has 1 saturated carbocycles. The van der Waals surface area contributed by atoms with Crippen molar-refractivity contribution in [2.75, 3.05) is 7.11 Å². The third-order valence-electron chi connectivity index (χ3n) is 5.66. The standard InChI is InChI=1S/C21H26N2O/c1-24-19-13-6-5-10-16(19)14-22-21-17-11-7-12-18(17)23-20(21)15-8-3-2-4-9-15/h2-6,8-10,13,17-18,20-23H,7,11-12,14H2,1H3/t17-,18+,20+,21+/m0/s1. The van der Waals surface area contributed by atoms with E-state index in [4.69, 9.17) is 4.74 Å². The molecule has 4 atom stereocenters. The van der Waals surface area contributed by atoms with Crippen LogP contribution in [0.15, 0.2) is 54.6 Å². The highest BCUT2D eigenvalue weighted by atomic mass is 16.5. The maximum atomic E-state index is 5.50. The Balaban J connectivity index is 1.54. The molecule has 0 aromatic heterocycles. The second kappa shape index (κ2) is 6.96. The van der Waals surface area contributed by atoms with Crippen molar-refractivity contribution < 1.29 is 4.74 Å². The van der Waals surface area contributed by atoms with Crippen molar-refractivity contribution in [2.24, 2.45) is 5.92 Å². The molecule has 1 heterocycles. The molecule has 4 rings (SSSR count). The molecular formula is C21H26N2O. The van der Waals surface area contributed by atoms with Gasteiger partial charge in [-0.05, 0) is 30.4 Å². The van der Waals surface area contributed by atoms with Crippen LogP contribution in [0, 0.1) is 5.92 Å². The highest BCUT2D eigenvalue weighted by molar-refractivity contribution is 5.33. The molecule has 2 N–H and O–H groups in total. The zero-order chi connectivity index (χ0) is 16.4. The van der Waals surface area contributed by atoms with Crippen LogP contribution in [0.4, 0.5) is 0 Å². The van der Waals surface area contributed by atoms with E-state index in [2.05, 4.69) is 53.1 Å². The molecule has 0 bridgehead atoms. The molecular weight excluding hydrogens is 296 g/mol. The van der Waals surface area contributed by atoms with Gasteiger partial charge in [0.05, 0.1) is 7.11 Å². The number of hydrogen-bond acceptors (Lipinski definition) is 3. The lowest BCUT2D eigenvalue weighted by atomic mass is 9.91. The number of fused-ring (bicyclic) bond motifs is 1. The van der Waals surface area contributed by atoms with Crippen molar-refractivity contribution in [2.45, 2.75) is 43.9 Å². The molecule has 2 aliphatic rings. The average molecular weight is 322 g/mol. The molecule has 3 heteroatoms. The van der Waals surface area contributed by atoms with Crippen LogP contribution in [0.5, 0.6) is 5.75 Å². The summed E-state index contributed by atoms with van der Waals surface area (Å²) in [6.45, 7) is 0.850. The van der Waals surface area contributed by atoms with E-state index in [1.807, 2.05) is 12.1 Å². The monoisotopic (exact) mass is 322 g/mol. The first-order chi connectivity index (χ1) is 11.9. The minimum absolute atomic E-state index is 0.399. The molecule has 0 spiro atoms. The summed E-state index contributed by atoms with van der Waals surface area (Å²) in [4.78, 5) is 0. The van der Waals surface area contributed by atoms with E-state index < -0.39 is 0 Å². The van der Waals surface area contributed by atoms with Crippen LogP contribution in [0.2, 0.25) is 0 Å². The summed E-state index contributed by atoms with van der Waals surface area (Å²) < 4.78 is 5.50. The minimum Gasteiger partial charge on any atom is -0.496 e. The first kappa shape index (κ1) is 15.7. The van der Waals surface area contributed by atoms with Crippen molar-refractivity contribution in [1.29, 1.82) is 0 Å². The fourth-order valence-corrected chi connectivity index (χ4v) is 4.52. The summed E-state index contributed by atoms with van der Waals surface area (Å²) in [5.74, 6) is 1.69. The van der Waals surface area contributed by atoms with Crippen LogP contribution in [0.3, 0.4) is 0 Å². The van der Waals surface area contributed by atoms with Gasteiger partial charge in [-0.15, -0.1) is 0 Å². The normalized spacial score (nSPS) is 28.7. The Morgan fingerprint density at radius 3 is 2.67 bits per heavy atom. The molecule has 126 valence electrons. The zero-order valence-electron chi connectivity index (χ0n) is 14.2. The Kier molecular flexibility index (Phi) is 4.54. The third-order valence-corrected chi connectivity index (χ3v) is 5.66. The van der Waals surface area contributed by atoms with E-state index in [9.17, 15) is 0 Å². The van der Waals surface area contributed by atoms with Crippen LogP contribution in [0.25, 0.3) is 0 Å². The highest BCUT2D eigenvalue weighted by Crippen LogP contribution is 2.41. The molecule has 0 unspecified atom stereocenters. The summed E-state index contributed by atoms with van der Waals surface area (Å²) in [5.41, 5.74) is 2.62. The van der Waals surface area contributed by atoms with Crippen molar-refractivity contribution in [3.8, 4) is 5.75 Å². The predicted molar refractivity (Wildman–Crippen MR) is 97.1 cm³/mol. The number of methoxy groups -OCH3 is 1. The molecule has 1 aliphatic carbocycles. The minimum atomic E-state index is 0.399. The Morgan fingerprint density at radius 2 is 1.83 bits per heavy atom. The van der Waals surface area contributed by atoms with Crippen LogP contribution < -0.4 is 15.4 Å². The molecule has 0 amide bonds. The highest BCUT2D eigenvalue weighted by Gasteiger charge is 2.45. The van der Waals surface area contributed by atoms with Crippen molar-refractivity contribution in [3.63, 3.8) is 0 Å². The number of ether oxygens (including phenoxy) is 1. The van der Waals surface area contributed by atoms with E-state index in [-0.39, 0.29) is 0 Å². The van der Waals surface area contributed by atoms with Gasteiger partial charge in [-0.2, -0.15) is 0 Å². The molecule has 0 radical (unpaired) electrons. The first-order valence-electron chi connectivity index (χ1n) is 9.03. The number of rotatable bonds is 5. The number of nitrogens with one attached hydrogen (secondary N) is 2. The van der Waals surface area contributed by atoms with E-state index in [0.717, 1.165) is 18.2 Å². The zero-order valence-corrected chi connectivity index (χ0v) is 14.2. The quantitative estimate of drug-likeness (QED) is 0.881. The van der Waals surface area contributed by atoms with Crippen molar-refractivity contribution in [3.05, 3.63) is 65.7 Å². The van der Waals surface area contributed by atoms with Crippen LogP contribution in [-0.2, 0) is 6.54 Å². The van der Waals surface area contributed by atoms with Gasteiger partial charge in [0.25, 0.3) is 0 Å². The summed E-state index contributed by atoms with van der Waals surface area (Å²) in [6, 6.07) is 20.7. The fourth-order valence-electron chi connectivity index (χ4n) is 4.52. The van der Waals surface area contributed by atoms with Gasteiger partial charge in [0.1, 0.15) is 5.75 Å². The third kappa shape index (κ3) is 2.94. The largest absolute Gasteiger partial charge is 0.496 e. The maximum absolute atomic E-state index is 5.50. The second-order valence-electron chi connectivity index (χ2n) is 6.97. The van der Waals surface area contributed by atoms with Crippen LogP contribution in [0.1, 0.15) is 36.4 Å². The summed E-state index contributed by atoms with van der Waals surface area (Å²) in [5, 5.41) is 7.74. The van der Waals surface area contributed by atoms with Gasteiger partial charge in [0.2, 0.25) is 0 Å². The topological polar surface area (TPSA) is 33.3 Å². The molecule has 2 fully saturated rings. The van der Waals surface area contributed by atoms with E-state index in [1.165, 1.54) is 30.4 Å². The lowest BCUT2D eigenvalue weighted by molar-refractivity contribution is 0.365. The molecule has 2 aromatic rings. The Labute approximate surface area is 144 Å². The van der Waals surface area contributed by atoms with Gasteiger partial charge < -0.3 is 15.4 Å². The van der Waals surface area contributed by atoms with E-state index in [1.54, 1.807) is 7.11 Å². The SMILES string of the molecule is COc1ccccc1CN[C@@H]1[C@H]2CCC[C@H]2N[C@@H]1c1ccccc1. The van der Waals surface area contributed by atoms with E-state index >= 15 is 0 Å². The number of benzene rings is 2. The fraction of sp³-hybridized carbons (Fsp3) is 0.429. The Morgan fingerprint density at radius 1 is 1.04 bits per heavy atom. The van der Waals surface area contributed by atoms with Crippen molar-refractivity contribution in [1.82, 2.24) is 10.6 Å². The maximum Gasteiger partial charge on any atom is 0.123 e. The summed E-state index contributed by atoms with van der Waals surface area (Å²) >= 11 is 0. The van der Waals surface area contributed by atoms with Gasteiger partial charge in [-0.25, -0.2) is 0 Å². The van der Waals surface area contributed by atoms with Gasteiger partial charge in [0, 0.05) is 30.2 Å². The molecule has 24 heavy (non-hydrogen) atoms. The first-order valence-corrected chi connectivity index (χ1v) is 9.03. The number of hydrogen-bond donors (Lipinski definition) is 2. The average Bonchev–Trinajstić information content (AvgIpc) is 3.22. The van der Waals surface area contributed by atoms with Gasteiger partial charge in [0.15, 0.2) is 0 Å². The summed E-state index contributed by atoms with van der Waals surface area (Å²) in [7, 11) is 1.75. The molecule has 1 saturated heterocycles.